The van der Waals surface area contributed by atoms with Gasteiger partial charge in [-0.2, -0.15) is 0 Å². The van der Waals surface area contributed by atoms with E-state index in [2.05, 4.69) is 0 Å². The van der Waals surface area contributed by atoms with Crippen LogP contribution in [0.1, 0.15) is 63.0 Å². The Balaban J connectivity index is 1.78. The molecule has 0 amide bonds. The summed E-state index contributed by atoms with van der Waals surface area (Å²) < 4.78 is 16.6. The van der Waals surface area contributed by atoms with Crippen LogP contribution in [0, 0.1) is 5.92 Å². The molecule has 0 radical (unpaired) electrons. The Morgan fingerprint density at radius 3 is 2.50 bits per heavy atom. The molecule has 0 spiro atoms. The van der Waals surface area contributed by atoms with Gasteiger partial charge in [-0.1, -0.05) is 42.8 Å². The fraction of sp³-hybridized carbons (Fsp3) is 0.414. The lowest BCUT2D eigenvalue weighted by molar-refractivity contribution is -0.151. The van der Waals surface area contributed by atoms with Gasteiger partial charge < -0.3 is 14.2 Å². The molecule has 0 fully saturated rings. The Hall–Kier alpha value is -3.12. The third-order valence-electron chi connectivity index (χ3n) is 7.15. The normalized spacial score (nSPS) is 22.4. The zero-order valence-corrected chi connectivity index (χ0v) is 22.1. The summed E-state index contributed by atoms with van der Waals surface area (Å²) in [4.78, 5) is 31.9. The van der Waals surface area contributed by atoms with Crippen molar-refractivity contribution < 1.29 is 23.8 Å². The summed E-state index contributed by atoms with van der Waals surface area (Å²) in [6.45, 7) is 5.66. The molecule has 2 aromatic carbocycles. The molecule has 0 N–H and O–H groups in total. The maximum atomic E-state index is 13.8. The van der Waals surface area contributed by atoms with E-state index in [1.807, 2.05) is 57.2 Å². The Bertz CT molecular complexity index is 1230. The molecule has 0 saturated heterocycles. The molecule has 0 aromatic heterocycles. The highest BCUT2D eigenvalue weighted by molar-refractivity contribution is 6.31. The molecule has 1 heterocycles. The molecule has 4 atom stereocenters. The first-order valence-electron chi connectivity index (χ1n) is 12.3. The topological polar surface area (TPSA) is 74.2 Å². The molecule has 7 heteroatoms. The van der Waals surface area contributed by atoms with Crippen molar-refractivity contribution in [2.45, 2.75) is 58.0 Å². The van der Waals surface area contributed by atoms with Gasteiger partial charge in [0.2, 0.25) is 0 Å². The van der Waals surface area contributed by atoms with E-state index in [0.717, 1.165) is 11.1 Å². The van der Waals surface area contributed by atoms with Gasteiger partial charge in [0.1, 0.15) is 5.92 Å². The monoisotopic (exact) mass is 509 g/mol. The van der Waals surface area contributed by atoms with Crippen molar-refractivity contribution in [1.82, 2.24) is 0 Å². The van der Waals surface area contributed by atoms with E-state index >= 15 is 0 Å². The van der Waals surface area contributed by atoms with Gasteiger partial charge in [-0.05, 0) is 61.9 Å². The number of allylic oxidation sites excluding steroid dienone is 2. The molecule has 6 nitrogen and oxygen atoms in total. The van der Waals surface area contributed by atoms with E-state index in [1.165, 1.54) is 0 Å². The Morgan fingerprint density at radius 2 is 1.83 bits per heavy atom. The molecule has 1 unspecified atom stereocenters. The zero-order chi connectivity index (χ0) is 26.0. The minimum atomic E-state index is -0.709. The van der Waals surface area contributed by atoms with Crippen molar-refractivity contribution >= 4 is 29.1 Å². The molecular formula is C29H32ClNO5. The first-order chi connectivity index (χ1) is 17.3. The first kappa shape index (κ1) is 26.0. The van der Waals surface area contributed by atoms with Crippen molar-refractivity contribution in [2.24, 2.45) is 10.9 Å². The number of benzene rings is 2. The molecule has 4 rings (SSSR count). The lowest BCUT2D eigenvalue weighted by Crippen LogP contribution is -2.39. The number of aliphatic imine (C=N–C) groups is 1. The van der Waals surface area contributed by atoms with Gasteiger partial charge in [-0.3, -0.25) is 14.6 Å². The molecule has 2 aliphatic rings. The summed E-state index contributed by atoms with van der Waals surface area (Å²) in [7, 11) is 3.19. The van der Waals surface area contributed by atoms with Gasteiger partial charge >= 0.3 is 5.97 Å². The van der Waals surface area contributed by atoms with Crippen LogP contribution in [0.4, 0.5) is 0 Å². The number of Topliss-reactive ketones (excluding diaryl/α,β-unsaturated/α-hetero) is 1. The third-order valence-corrected chi connectivity index (χ3v) is 7.50. The predicted molar refractivity (Wildman–Crippen MR) is 140 cm³/mol. The second kappa shape index (κ2) is 10.9. The van der Waals surface area contributed by atoms with Crippen LogP contribution in [-0.4, -0.2) is 37.8 Å². The van der Waals surface area contributed by atoms with E-state index < -0.39 is 11.8 Å². The van der Waals surface area contributed by atoms with Crippen LogP contribution >= 0.6 is 11.6 Å². The summed E-state index contributed by atoms with van der Waals surface area (Å²) in [6, 6.07) is 13.1. The number of nitrogens with zero attached hydrogens (tertiary/aromatic N) is 1. The number of ether oxygens (including phenoxy) is 3. The average Bonchev–Trinajstić information content (AvgIpc) is 2.87. The minimum absolute atomic E-state index is 0.0291. The fourth-order valence-corrected chi connectivity index (χ4v) is 5.38. The van der Waals surface area contributed by atoms with E-state index in [-0.39, 0.29) is 23.8 Å². The van der Waals surface area contributed by atoms with Crippen LogP contribution in [0.3, 0.4) is 0 Å². The van der Waals surface area contributed by atoms with Gasteiger partial charge in [0, 0.05) is 34.3 Å². The van der Waals surface area contributed by atoms with Crippen molar-refractivity contribution in [3.05, 3.63) is 69.9 Å². The smallest absolute Gasteiger partial charge is 0.315 e. The van der Waals surface area contributed by atoms with Crippen LogP contribution in [0.25, 0.3) is 0 Å². The van der Waals surface area contributed by atoms with Gasteiger partial charge in [0.15, 0.2) is 17.3 Å². The number of hydrogen-bond acceptors (Lipinski definition) is 6. The number of esters is 1. The molecule has 0 bridgehead atoms. The van der Waals surface area contributed by atoms with E-state index in [1.54, 1.807) is 20.3 Å². The van der Waals surface area contributed by atoms with Crippen LogP contribution in [0.15, 0.2) is 58.7 Å². The van der Waals surface area contributed by atoms with Crippen molar-refractivity contribution in [3.8, 4) is 11.5 Å². The number of methoxy groups -OCH3 is 2. The SMILES string of the molecule is CC[C@H](C)OC(=O)C1C(C)=NC2=C(C(=O)C[C@H](c3ccc(OC)c(OC)c3)C2)[C@H]1c1ccccc1Cl. The lowest BCUT2D eigenvalue weighted by Gasteiger charge is -2.37. The molecule has 1 aliphatic carbocycles. The molecule has 36 heavy (non-hydrogen) atoms. The maximum absolute atomic E-state index is 13.8. The van der Waals surface area contributed by atoms with Crippen LogP contribution in [0.5, 0.6) is 11.5 Å². The predicted octanol–water partition coefficient (Wildman–Crippen LogP) is 6.27. The van der Waals surface area contributed by atoms with Gasteiger partial charge in [0.25, 0.3) is 0 Å². The summed E-state index contributed by atoms with van der Waals surface area (Å²) in [6.07, 6.45) is 1.34. The highest BCUT2D eigenvalue weighted by Crippen LogP contribution is 2.48. The number of rotatable bonds is 7. The maximum Gasteiger partial charge on any atom is 0.315 e. The van der Waals surface area contributed by atoms with Crippen molar-refractivity contribution in [2.75, 3.05) is 14.2 Å². The Morgan fingerprint density at radius 1 is 1.11 bits per heavy atom. The number of halogens is 1. The van der Waals surface area contributed by atoms with E-state index in [4.69, 9.17) is 30.8 Å². The standard InChI is InChI=1S/C29H32ClNO5/c1-6-16(2)36-29(33)26-17(3)31-22-13-19(18-11-12-24(34-4)25(15-18)35-5)14-23(32)28(22)27(26)20-9-7-8-10-21(20)30/h7-12,15-16,19,26-27H,6,13-14H2,1-5H3/t16-,19+,26?,27-/m0/s1. The quantitative estimate of drug-likeness (QED) is 0.411. The third kappa shape index (κ3) is 4.92. The van der Waals surface area contributed by atoms with Gasteiger partial charge in [-0.25, -0.2) is 0 Å². The molecule has 190 valence electrons. The second-order valence-corrected chi connectivity index (χ2v) is 9.80. The largest absolute Gasteiger partial charge is 0.493 e. The lowest BCUT2D eigenvalue weighted by atomic mass is 9.69. The Kier molecular flexibility index (Phi) is 7.84. The number of carbonyl (C=O) groups excluding carboxylic acids is 2. The number of carbonyl (C=O) groups is 2. The van der Waals surface area contributed by atoms with Crippen LogP contribution in [0.2, 0.25) is 5.02 Å². The summed E-state index contributed by atoms with van der Waals surface area (Å²) in [5.41, 5.74) is 3.63. The molecule has 2 aromatic rings. The highest BCUT2D eigenvalue weighted by Gasteiger charge is 2.45. The minimum Gasteiger partial charge on any atom is -0.493 e. The second-order valence-electron chi connectivity index (χ2n) is 9.39. The first-order valence-corrected chi connectivity index (χ1v) is 12.6. The van der Waals surface area contributed by atoms with Gasteiger partial charge in [-0.15, -0.1) is 0 Å². The van der Waals surface area contributed by atoms with Crippen molar-refractivity contribution in [3.63, 3.8) is 0 Å². The average molecular weight is 510 g/mol. The molecule has 1 aliphatic heterocycles. The molecule has 0 saturated carbocycles. The summed E-state index contributed by atoms with van der Waals surface area (Å²) >= 11 is 6.62. The summed E-state index contributed by atoms with van der Waals surface area (Å²) in [5.74, 6) is -0.469. The van der Waals surface area contributed by atoms with Crippen LogP contribution in [-0.2, 0) is 14.3 Å². The molecular weight excluding hydrogens is 478 g/mol. The number of hydrogen-bond donors (Lipinski definition) is 0. The van der Waals surface area contributed by atoms with Crippen molar-refractivity contribution in [1.29, 1.82) is 0 Å². The highest BCUT2D eigenvalue weighted by atomic mass is 35.5. The van der Waals surface area contributed by atoms with E-state index in [9.17, 15) is 9.59 Å². The Labute approximate surface area is 217 Å². The summed E-state index contributed by atoms with van der Waals surface area (Å²) in [5, 5.41) is 0.514. The zero-order valence-electron chi connectivity index (χ0n) is 21.3. The fourth-order valence-electron chi connectivity index (χ4n) is 5.13. The number of ketones is 1. The van der Waals surface area contributed by atoms with Gasteiger partial charge in [0.05, 0.1) is 20.3 Å². The van der Waals surface area contributed by atoms with Crippen LogP contribution < -0.4 is 9.47 Å². The van der Waals surface area contributed by atoms with E-state index in [0.29, 0.717) is 52.8 Å².